The molecule has 8 nitrogen and oxygen atoms in total. The molecule has 1 amide bonds. The Bertz CT molecular complexity index is 827. The van der Waals surface area contributed by atoms with Crippen molar-refractivity contribution in [3.63, 3.8) is 0 Å². The quantitative estimate of drug-likeness (QED) is 0.811. The van der Waals surface area contributed by atoms with E-state index in [1.54, 1.807) is 7.11 Å². The normalized spacial score (nSPS) is 23.2. The fraction of sp³-hybridized carbons (Fsp3) is 0.526. The first-order valence-electron chi connectivity index (χ1n) is 9.18. The fourth-order valence-electron chi connectivity index (χ4n) is 3.53. The van der Waals surface area contributed by atoms with Crippen molar-refractivity contribution in [2.75, 3.05) is 13.7 Å². The third-order valence-corrected chi connectivity index (χ3v) is 4.95. The standard InChI is InChI=1S/C19H24N4O4/c1-12(2)20-18(24)27-15-8-9-19(11-26-19)17-16(15)21-22-23(17)10-13-4-6-14(25-3)7-5-13/h4-7,12,15H,8-11H2,1-3H3,(H,20,24)/t15-,19-/m0/s1. The maximum atomic E-state index is 12.0. The van der Waals surface area contributed by atoms with Crippen LogP contribution in [-0.2, 0) is 21.6 Å². The lowest BCUT2D eigenvalue weighted by Gasteiger charge is -2.26. The van der Waals surface area contributed by atoms with Gasteiger partial charge in [-0.25, -0.2) is 9.48 Å². The maximum Gasteiger partial charge on any atom is 0.408 e. The van der Waals surface area contributed by atoms with Crippen molar-refractivity contribution in [3.8, 4) is 5.75 Å². The number of aromatic nitrogens is 3. The number of amides is 1. The van der Waals surface area contributed by atoms with Crippen LogP contribution >= 0.6 is 0 Å². The van der Waals surface area contributed by atoms with Crippen molar-refractivity contribution in [1.29, 1.82) is 0 Å². The van der Waals surface area contributed by atoms with E-state index in [9.17, 15) is 4.79 Å². The maximum absolute atomic E-state index is 12.0. The molecule has 1 aromatic heterocycles. The van der Waals surface area contributed by atoms with E-state index in [0.717, 1.165) is 23.4 Å². The Morgan fingerprint density at radius 3 is 2.78 bits per heavy atom. The van der Waals surface area contributed by atoms with Gasteiger partial charge < -0.3 is 19.5 Å². The summed E-state index contributed by atoms with van der Waals surface area (Å²) in [4.78, 5) is 12.0. The molecule has 1 aliphatic carbocycles. The molecule has 1 saturated heterocycles. The number of benzene rings is 1. The Kier molecular flexibility index (Phi) is 4.51. The summed E-state index contributed by atoms with van der Waals surface area (Å²) < 4.78 is 18.5. The van der Waals surface area contributed by atoms with E-state index in [2.05, 4.69) is 15.6 Å². The molecule has 8 heteroatoms. The minimum atomic E-state index is -0.432. The van der Waals surface area contributed by atoms with Crippen LogP contribution in [0.2, 0.25) is 0 Å². The zero-order chi connectivity index (χ0) is 19.0. The number of fused-ring (bicyclic) bond motifs is 2. The van der Waals surface area contributed by atoms with Crippen LogP contribution < -0.4 is 10.1 Å². The monoisotopic (exact) mass is 372 g/mol. The largest absolute Gasteiger partial charge is 0.497 e. The van der Waals surface area contributed by atoms with Crippen LogP contribution in [0.25, 0.3) is 0 Å². The molecule has 1 fully saturated rings. The summed E-state index contributed by atoms with van der Waals surface area (Å²) in [5.74, 6) is 0.811. The number of methoxy groups -OCH3 is 1. The number of carbonyl (C=O) groups excluding carboxylic acids is 1. The average molecular weight is 372 g/mol. The zero-order valence-corrected chi connectivity index (χ0v) is 15.8. The molecule has 4 rings (SSSR count). The summed E-state index contributed by atoms with van der Waals surface area (Å²) in [7, 11) is 1.65. The van der Waals surface area contributed by atoms with Crippen molar-refractivity contribution >= 4 is 6.09 Å². The van der Waals surface area contributed by atoms with Crippen molar-refractivity contribution < 1.29 is 19.0 Å². The van der Waals surface area contributed by atoms with Gasteiger partial charge in [-0.15, -0.1) is 5.10 Å². The van der Waals surface area contributed by atoms with E-state index in [4.69, 9.17) is 14.2 Å². The Labute approximate surface area is 157 Å². The topological polar surface area (TPSA) is 90.8 Å². The molecule has 2 heterocycles. The van der Waals surface area contributed by atoms with E-state index < -0.39 is 12.2 Å². The summed E-state index contributed by atoms with van der Waals surface area (Å²) in [5, 5.41) is 11.4. The summed E-state index contributed by atoms with van der Waals surface area (Å²) in [6.07, 6.45) is 0.631. The fourth-order valence-corrected chi connectivity index (χ4v) is 3.53. The first-order valence-corrected chi connectivity index (χ1v) is 9.18. The number of nitrogens with one attached hydrogen (secondary N) is 1. The van der Waals surface area contributed by atoms with Gasteiger partial charge in [-0.05, 0) is 44.4 Å². The molecule has 2 aliphatic rings. The first kappa shape index (κ1) is 17.8. The lowest BCUT2D eigenvalue weighted by Crippen LogP contribution is -2.34. The molecule has 1 aromatic carbocycles. The van der Waals surface area contributed by atoms with E-state index in [-0.39, 0.29) is 11.6 Å². The number of hydrogen-bond acceptors (Lipinski definition) is 6. The highest BCUT2D eigenvalue weighted by molar-refractivity contribution is 5.67. The summed E-state index contributed by atoms with van der Waals surface area (Å²) in [6, 6.07) is 7.86. The number of alkyl carbamates (subject to hydrolysis) is 1. The van der Waals surface area contributed by atoms with Crippen molar-refractivity contribution in [1.82, 2.24) is 20.3 Å². The second-order valence-electron chi connectivity index (χ2n) is 7.34. The van der Waals surface area contributed by atoms with Crippen LogP contribution in [0.5, 0.6) is 5.75 Å². The van der Waals surface area contributed by atoms with E-state index in [1.807, 2.05) is 42.8 Å². The third-order valence-electron chi connectivity index (χ3n) is 4.95. The molecule has 1 aliphatic heterocycles. The Balaban J connectivity index is 1.57. The molecule has 0 saturated carbocycles. The van der Waals surface area contributed by atoms with Gasteiger partial charge in [-0.2, -0.15) is 0 Å². The van der Waals surface area contributed by atoms with Crippen LogP contribution in [0.4, 0.5) is 4.79 Å². The predicted molar refractivity (Wildman–Crippen MR) is 96.5 cm³/mol. The van der Waals surface area contributed by atoms with Crippen LogP contribution in [0.3, 0.4) is 0 Å². The number of hydrogen-bond donors (Lipinski definition) is 1. The molecule has 2 aromatic rings. The zero-order valence-electron chi connectivity index (χ0n) is 15.8. The van der Waals surface area contributed by atoms with Gasteiger partial charge in [0.2, 0.25) is 0 Å². The molecule has 2 atom stereocenters. The number of carbonyl (C=O) groups is 1. The number of epoxide rings is 1. The Morgan fingerprint density at radius 2 is 2.15 bits per heavy atom. The van der Waals surface area contributed by atoms with E-state index in [0.29, 0.717) is 25.3 Å². The molecule has 1 N–H and O–H groups in total. The predicted octanol–water partition coefficient (Wildman–Crippen LogP) is 2.53. The molecule has 0 bridgehead atoms. The SMILES string of the molecule is COc1ccc(Cn2nnc3c2[C@]2(CC[C@@H]3OC(=O)NC(C)C)CO2)cc1. The smallest absolute Gasteiger partial charge is 0.408 e. The third kappa shape index (κ3) is 3.49. The highest BCUT2D eigenvalue weighted by Gasteiger charge is 2.55. The summed E-state index contributed by atoms with van der Waals surface area (Å²) in [6.45, 7) is 5.01. The molecular weight excluding hydrogens is 348 g/mol. The second-order valence-corrected chi connectivity index (χ2v) is 7.34. The number of nitrogens with zero attached hydrogens (tertiary/aromatic N) is 3. The van der Waals surface area contributed by atoms with Gasteiger partial charge in [0.15, 0.2) is 0 Å². The van der Waals surface area contributed by atoms with Gasteiger partial charge in [0.05, 0.1) is 20.3 Å². The van der Waals surface area contributed by atoms with Crippen molar-refractivity contribution in [2.24, 2.45) is 0 Å². The Morgan fingerprint density at radius 1 is 1.41 bits per heavy atom. The summed E-state index contributed by atoms with van der Waals surface area (Å²) in [5.41, 5.74) is 2.37. The second kappa shape index (κ2) is 6.84. The molecule has 1 spiro atoms. The highest BCUT2D eigenvalue weighted by Crippen LogP contribution is 2.51. The van der Waals surface area contributed by atoms with Crippen molar-refractivity contribution in [2.45, 2.75) is 51.0 Å². The molecule has 0 radical (unpaired) electrons. The Hall–Kier alpha value is -2.61. The minimum Gasteiger partial charge on any atom is -0.497 e. The lowest BCUT2D eigenvalue weighted by atomic mass is 9.88. The van der Waals surface area contributed by atoms with Gasteiger partial charge in [0.25, 0.3) is 0 Å². The van der Waals surface area contributed by atoms with E-state index >= 15 is 0 Å². The van der Waals surface area contributed by atoms with Gasteiger partial charge in [0, 0.05) is 6.04 Å². The van der Waals surface area contributed by atoms with Crippen molar-refractivity contribution in [3.05, 3.63) is 41.2 Å². The van der Waals surface area contributed by atoms with Gasteiger partial charge in [-0.1, -0.05) is 17.3 Å². The lowest BCUT2D eigenvalue weighted by molar-refractivity contribution is 0.0712. The molecular formula is C19H24N4O4. The molecule has 144 valence electrons. The summed E-state index contributed by atoms with van der Waals surface area (Å²) >= 11 is 0. The number of rotatable bonds is 5. The van der Waals surface area contributed by atoms with Gasteiger partial charge in [-0.3, -0.25) is 0 Å². The first-order chi connectivity index (χ1) is 13.0. The van der Waals surface area contributed by atoms with Crippen LogP contribution in [0.1, 0.15) is 49.7 Å². The average Bonchev–Trinajstić information content (AvgIpc) is 3.28. The minimum absolute atomic E-state index is 0.0180. The van der Waals surface area contributed by atoms with Crippen LogP contribution in [0, 0.1) is 0 Å². The molecule has 0 unspecified atom stereocenters. The van der Waals surface area contributed by atoms with Gasteiger partial charge >= 0.3 is 6.09 Å². The van der Waals surface area contributed by atoms with Gasteiger partial charge in [0.1, 0.15) is 28.8 Å². The molecule has 27 heavy (non-hydrogen) atoms. The highest BCUT2D eigenvalue weighted by atomic mass is 16.6. The van der Waals surface area contributed by atoms with Crippen LogP contribution in [0.15, 0.2) is 24.3 Å². The number of ether oxygens (including phenoxy) is 3. The van der Waals surface area contributed by atoms with Crippen LogP contribution in [-0.4, -0.2) is 40.8 Å². The van der Waals surface area contributed by atoms with E-state index in [1.165, 1.54) is 0 Å².